The Labute approximate surface area is 157 Å². The Morgan fingerprint density at radius 2 is 1.48 bits per heavy atom. The number of anilines is 1. The monoisotopic (exact) mass is 419 g/mol. The van der Waals surface area contributed by atoms with Crippen LogP contribution in [0.3, 0.4) is 0 Å². The topological polar surface area (TPSA) is 51.5 Å². The molecular formula is C18H8F7NO3. The molecule has 3 rings (SSSR count). The fraction of sp³-hybridized carbons (Fsp3) is 0.0556. The Bertz CT molecular complexity index is 1070. The fourth-order valence-corrected chi connectivity index (χ4v) is 2.21. The maximum absolute atomic E-state index is 13.6. The van der Waals surface area contributed by atoms with Gasteiger partial charge in [-0.05, 0) is 24.3 Å². The molecule has 4 nitrogen and oxygen atoms in total. The number of nitrogens with one attached hydrogen (secondary N) is 1. The second kappa shape index (κ2) is 7.86. The van der Waals surface area contributed by atoms with Crippen molar-refractivity contribution in [2.24, 2.45) is 0 Å². The number of carbonyl (C=O) groups excluding carboxylic acids is 1. The van der Waals surface area contributed by atoms with Crippen LogP contribution < -0.4 is 10.1 Å². The molecule has 0 aliphatic rings. The van der Waals surface area contributed by atoms with Crippen LogP contribution in [0, 0.1) is 40.7 Å². The Kier molecular flexibility index (Phi) is 5.48. The van der Waals surface area contributed by atoms with Gasteiger partial charge in [0.25, 0.3) is 5.91 Å². The second-order valence-corrected chi connectivity index (χ2v) is 5.53. The normalized spacial score (nSPS) is 10.9. The van der Waals surface area contributed by atoms with Crippen molar-refractivity contribution in [3.63, 3.8) is 0 Å². The van der Waals surface area contributed by atoms with Crippen molar-refractivity contribution in [3.8, 4) is 5.75 Å². The smallest absolute Gasteiger partial charge is 0.291 e. The zero-order chi connectivity index (χ0) is 21.3. The molecule has 0 unspecified atom stereocenters. The van der Waals surface area contributed by atoms with Gasteiger partial charge < -0.3 is 14.5 Å². The van der Waals surface area contributed by atoms with Crippen molar-refractivity contribution in [3.05, 3.63) is 82.6 Å². The van der Waals surface area contributed by atoms with E-state index in [2.05, 4.69) is 0 Å². The molecule has 0 atom stereocenters. The lowest BCUT2D eigenvalue weighted by atomic mass is 10.2. The molecule has 152 valence electrons. The van der Waals surface area contributed by atoms with Gasteiger partial charge in [-0.2, -0.15) is 0 Å². The summed E-state index contributed by atoms with van der Waals surface area (Å²) in [4.78, 5) is 12.0. The second-order valence-electron chi connectivity index (χ2n) is 5.53. The summed E-state index contributed by atoms with van der Waals surface area (Å²) in [5.74, 6) is -15.3. The molecule has 11 heteroatoms. The summed E-state index contributed by atoms with van der Waals surface area (Å²) in [7, 11) is 0. The summed E-state index contributed by atoms with van der Waals surface area (Å²) in [6.45, 7) is -0.404. The van der Waals surface area contributed by atoms with E-state index in [1.807, 2.05) is 0 Å². The molecule has 0 bridgehead atoms. The molecule has 1 aromatic heterocycles. The maximum Gasteiger partial charge on any atom is 0.291 e. The van der Waals surface area contributed by atoms with Gasteiger partial charge in [0.2, 0.25) is 5.82 Å². The van der Waals surface area contributed by atoms with Crippen molar-refractivity contribution >= 4 is 11.6 Å². The quantitative estimate of drug-likeness (QED) is 0.356. The summed E-state index contributed by atoms with van der Waals surface area (Å²) >= 11 is 0. The third kappa shape index (κ3) is 4.03. The molecule has 1 heterocycles. The Hall–Kier alpha value is -3.50. The van der Waals surface area contributed by atoms with E-state index in [0.29, 0.717) is 6.07 Å². The zero-order valence-electron chi connectivity index (χ0n) is 14.0. The van der Waals surface area contributed by atoms with Gasteiger partial charge in [0.05, 0.1) is 0 Å². The summed E-state index contributed by atoms with van der Waals surface area (Å²) in [6, 6.07) is 4.77. The van der Waals surface area contributed by atoms with Gasteiger partial charge in [-0.25, -0.2) is 30.7 Å². The zero-order valence-corrected chi connectivity index (χ0v) is 14.0. The first kappa shape index (κ1) is 20.2. The van der Waals surface area contributed by atoms with Gasteiger partial charge in [0.15, 0.2) is 40.6 Å². The molecule has 3 aromatic rings. The van der Waals surface area contributed by atoms with Crippen molar-refractivity contribution in [2.75, 3.05) is 5.32 Å². The van der Waals surface area contributed by atoms with Gasteiger partial charge in [0, 0.05) is 6.07 Å². The van der Waals surface area contributed by atoms with E-state index in [0.717, 1.165) is 18.2 Å². The van der Waals surface area contributed by atoms with Crippen LogP contribution in [0.5, 0.6) is 5.75 Å². The van der Waals surface area contributed by atoms with Gasteiger partial charge in [-0.15, -0.1) is 0 Å². The molecule has 2 aromatic carbocycles. The maximum atomic E-state index is 13.6. The Morgan fingerprint density at radius 1 is 0.862 bits per heavy atom. The highest BCUT2D eigenvalue weighted by Crippen LogP contribution is 2.28. The molecule has 0 spiro atoms. The minimum atomic E-state index is -2.37. The molecule has 0 saturated heterocycles. The van der Waals surface area contributed by atoms with E-state index in [4.69, 9.17) is 9.15 Å². The number of halogens is 7. The molecular weight excluding hydrogens is 411 g/mol. The third-order valence-corrected chi connectivity index (χ3v) is 3.60. The summed E-state index contributed by atoms with van der Waals surface area (Å²) in [6.07, 6.45) is 0. The SMILES string of the molecule is O=C(Nc1c(F)c(F)c(F)c(F)c1F)c1ccc(COc2ccc(F)cc2F)o1. The number of ether oxygens (including phenoxy) is 1. The van der Waals surface area contributed by atoms with Crippen LogP contribution in [0.1, 0.15) is 16.3 Å². The largest absolute Gasteiger partial charge is 0.483 e. The van der Waals surface area contributed by atoms with Crippen LogP contribution in [-0.4, -0.2) is 5.91 Å². The average molecular weight is 419 g/mol. The predicted molar refractivity (Wildman–Crippen MR) is 83.6 cm³/mol. The summed E-state index contributed by atoms with van der Waals surface area (Å²) in [5, 5.41) is 1.53. The van der Waals surface area contributed by atoms with Gasteiger partial charge in [-0.1, -0.05) is 0 Å². The van der Waals surface area contributed by atoms with Gasteiger partial charge in [-0.3, -0.25) is 4.79 Å². The van der Waals surface area contributed by atoms with Crippen LogP contribution in [-0.2, 0) is 6.61 Å². The standard InChI is InChI=1S/C18H8F7NO3/c19-7-1-3-10(9(20)5-7)28-6-8-2-4-11(29-8)18(27)26-17-15(24)13(22)12(21)14(23)16(17)25/h1-5H,6H2,(H,26,27). The van der Waals surface area contributed by atoms with Crippen molar-refractivity contribution < 1.29 is 44.7 Å². The number of furan rings is 1. The molecule has 0 saturated carbocycles. The average Bonchev–Trinajstić information content (AvgIpc) is 3.16. The number of carbonyl (C=O) groups is 1. The third-order valence-electron chi connectivity index (χ3n) is 3.60. The van der Waals surface area contributed by atoms with Gasteiger partial charge in [0.1, 0.15) is 23.9 Å². The van der Waals surface area contributed by atoms with E-state index in [1.165, 1.54) is 11.4 Å². The molecule has 0 aliphatic heterocycles. The van der Waals surface area contributed by atoms with E-state index in [1.54, 1.807) is 0 Å². The van der Waals surface area contributed by atoms with Crippen molar-refractivity contribution in [1.29, 1.82) is 0 Å². The molecule has 0 aliphatic carbocycles. The van der Waals surface area contributed by atoms with Crippen molar-refractivity contribution in [1.82, 2.24) is 0 Å². The summed E-state index contributed by atoms with van der Waals surface area (Å²) < 4.78 is 103. The van der Waals surface area contributed by atoms with Crippen LogP contribution in [0.15, 0.2) is 34.7 Å². The number of amides is 1. The highest BCUT2D eigenvalue weighted by atomic mass is 19.2. The van der Waals surface area contributed by atoms with E-state index < -0.39 is 64.7 Å². The van der Waals surface area contributed by atoms with E-state index in [9.17, 15) is 35.5 Å². The predicted octanol–water partition coefficient (Wildman–Crippen LogP) is 5.08. The molecule has 1 N–H and O–H groups in total. The molecule has 29 heavy (non-hydrogen) atoms. The number of rotatable bonds is 5. The highest BCUT2D eigenvalue weighted by Gasteiger charge is 2.27. The van der Waals surface area contributed by atoms with E-state index >= 15 is 0 Å². The first-order valence-electron chi connectivity index (χ1n) is 7.68. The van der Waals surface area contributed by atoms with E-state index in [-0.39, 0.29) is 11.5 Å². The van der Waals surface area contributed by atoms with Crippen molar-refractivity contribution in [2.45, 2.75) is 6.61 Å². The first-order valence-corrected chi connectivity index (χ1v) is 7.68. The lowest BCUT2D eigenvalue weighted by Crippen LogP contribution is -2.16. The Morgan fingerprint density at radius 3 is 2.10 bits per heavy atom. The number of hydrogen-bond donors (Lipinski definition) is 1. The van der Waals surface area contributed by atoms with Crippen LogP contribution >= 0.6 is 0 Å². The lowest BCUT2D eigenvalue weighted by Gasteiger charge is -2.09. The van der Waals surface area contributed by atoms with Crippen LogP contribution in [0.25, 0.3) is 0 Å². The summed E-state index contributed by atoms with van der Waals surface area (Å²) in [5.41, 5.74) is -1.55. The van der Waals surface area contributed by atoms with Crippen LogP contribution in [0.4, 0.5) is 36.4 Å². The number of hydrogen-bond acceptors (Lipinski definition) is 3. The van der Waals surface area contributed by atoms with Gasteiger partial charge >= 0.3 is 0 Å². The number of benzene rings is 2. The minimum Gasteiger partial charge on any atom is -0.483 e. The Balaban J connectivity index is 1.73. The fourth-order valence-electron chi connectivity index (χ4n) is 2.21. The van der Waals surface area contributed by atoms with Crippen LogP contribution in [0.2, 0.25) is 0 Å². The first-order chi connectivity index (χ1) is 13.7. The molecule has 1 amide bonds. The molecule has 0 fully saturated rings. The minimum absolute atomic E-state index is 0.0451. The highest BCUT2D eigenvalue weighted by molar-refractivity contribution is 6.02. The lowest BCUT2D eigenvalue weighted by molar-refractivity contribution is 0.0991. The molecule has 0 radical (unpaired) electrons.